The quantitative estimate of drug-likeness (QED) is 0.829. The van der Waals surface area contributed by atoms with Crippen molar-refractivity contribution in [3.05, 3.63) is 77.8 Å². The van der Waals surface area contributed by atoms with E-state index >= 15 is 0 Å². The van der Waals surface area contributed by atoms with Crippen LogP contribution in [-0.4, -0.2) is 11.7 Å². The van der Waals surface area contributed by atoms with Gasteiger partial charge in [-0.25, -0.2) is 9.38 Å². The third-order valence-electron chi connectivity index (χ3n) is 4.95. The number of allylic oxidation sites excluding steroid dienone is 1. The Balaban J connectivity index is 1.74. The predicted molar refractivity (Wildman–Crippen MR) is 105 cm³/mol. The maximum atomic E-state index is 13.2. The number of Topliss-reactive ketones (excluding diaryl/α,β-unsaturated/α-hetero) is 1. The van der Waals surface area contributed by atoms with Crippen LogP contribution in [0.15, 0.2) is 71.4 Å². The molecule has 0 bridgehead atoms. The zero-order valence-corrected chi connectivity index (χ0v) is 15.4. The fourth-order valence-corrected chi connectivity index (χ4v) is 3.79. The maximum Gasteiger partial charge on any atom is 0.200 e. The van der Waals surface area contributed by atoms with Gasteiger partial charge in [-0.05, 0) is 35.2 Å². The largest absolute Gasteiger partial charge is 0.329 e. The number of halogens is 1. The van der Waals surface area contributed by atoms with E-state index in [4.69, 9.17) is 4.99 Å². The Hall–Kier alpha value is -2.95. The lowest BCUT2D eigenvalue weighted by Crippen LogP contribution is -2.45. The zero-order valence-electron chi connectivity index (χ0n) is 15.4. The smallest absolute Gasteiger partial charge is 0.200 e. The van der Waals surface area contributed by atoms with Crippen molar-refractivity contribution in [1.82, 2.24) is 5.32 Å². The Morgan fingerprint density at radius 3 is 2.52 bits per heavy atom. The average molecular weight is 363 g/mol. The normalized spacial score (nSPS) is 23.6. The minimum absolute atomic E-state index is 0.198. The van der Waals surface area contributed by atoms with Crippen LogP contribution in [-0.2, 0) is 4.79 Å². The predicted octanol–water partition coefficient (Wildman–Crippen LogP) is 4.44. The molecule has 2 N–H and O–H groups in total. The van der Waals surface area contributed by atoms with Gasteiger partial charge in [0.2, 0.25) is 5.96 Å². The van der Waals surface area contributed by atoms with E-state index in [0.29, 0.717) is 12.4 Å². The van der Waals surface area contributed by atoms with E-state index in [1.165, 1.54) is 12.1 Å². The molecule has 1 aliphatic heterocycles. The number of benzene rings is 2. The summed E-state index contributed by atoms with van der Waals surface area (Å²) in [5.74, 6) is 0.162. The second-order valence-electron chi connectivity index (χ2n) is 7.80. The summed E-state index contributed by atoms with van der Waals surface area (Å²) >= 11 is 0. The summed E-state index contributed by atoms with van der Waals surface area (Å²) in [5, 5.41) is 6.49. The van der Waals surface area contributed by atoms with E-state index in [1.807, 2.05) is 30.3 Å². The first-order valence-electron chi connectivity index (χ1n) is 9.09. The number of hydrogen-bond donors (Lipinski definition) is 2. The number of anilines is 1. The molecule has 4 nitrogen and oxygen atoms in total. The van der Waals surface area contributed by atoms with Gasteiger partial charge in [-0.3, -0.25) is 4.79 Å². The molecule has 138 valence electrons. The minimum Gasteiger partial charge on any atom is -0.329 e. The number of fused-ring (bicyclic) bond motifs is 1. The first kappa shape index (κ1) is 17.5. The van der Waals surface area contributed by atoms with Crippen LogP contribution in [0.2, 0.25) is 0 Å². The molecule has 2 aromatic rings. The number of carbonyl (C=O) groups is 1. The molecule has 1 aliphatic carbocycles. The molecule has 0 amide bonds. The molecular formula is C22H22FN3O. The van der Waals surface area contributed by atoms with E-state index in [-0.39, 0.29) is 29.0 Å². The number of ketones is 1. The molecule has 27 heavy (non-hydrogen) atoms. The summed E-state index contributed by atoms with van der Waals surface area (Å²) < 4.78 is 13.2. The molecule has 2 aromatic carbocycles. The van der Waals surface area contributed by atoms with Crippen molar-refractivity contribution in [3.8, 4) is 0 Å². The van der Waals surface area contributed by atoms with Gasteiger partial charge in [-0.2, -0.15) is 0 Å². The second kappa shape index (κ2) is 6.65. The van der Waals surface area contributed by atoms with Crippen LogP contribution in [0, 0.1) is 17.2 Å². The van der Waals surface area contributed by atoms with Crippen LogP contribution >= 0.6 is 0 Å². The monoisotopic (exact) mass is 363 g/mol. The number of nitrogens with zero attached hydrogens (tertiary/aromatic N) is 1. The van der Waals surface area contributed by atoms with Crippen molar-refractivity contribution >= 4 is 17.4 Å². The van der Waals surface area contributed by atoms with E-state index in [1.54, 1.807) is 12.1 Å². The molecule has 0 saturated heterocycles. The summed E-state index contributed by atoms with van der Waals surface area (Å²) in [6.07, 6.45) is 2.64. The lowest BCUT2D eigenvalue weighted by molar-refractivity contribution is -0.124. The summed E-state index contributed by atoms with van der Waals surface area (Å²) in [7, 11) is 0. The molecule has 0 saturated carbocycles. The molecule has 0 radical (unpaired) electrons. The van der Waals surface area contributed by atoms with Gasteiger partial charge in [0.05, 0.1) is 12.0 Å². The van der Waals surface area contributed by atoms with Gasteiger partial charge >= 0.3 is 0 Å². The van der Waals surface area contributed by atoms with Gasteiger partial charge in [-0.15, -0.1) is 0 Å². The molecule has 2 atom stereocenters. The Morgan fingerprint density at radius 1 is 1.11 bits per heavy atom. The average Bonchev–Trinajstić information content (AvgIpc) is 2.62. The van der Waals surface area contributed by atoms with Crippen LogP contribution in [0.4, 0.5) is 10.1 Å². The van der Waals surface area contributed by atoms with Crippen molar-refractivity contribution in [2.45, 2.75) is 26.3 Å². The number of rotatable bonds is 2. The third kappa shape index (κ3) is 3.63. The van der Waals surface area contributed by atoms with Crippen LogP contribution < -0.4 is 10.6 Å². The molecule has 4 rings (SSSR count). The highest BCUT2D eigenvalue weighted by atomic mass is 19.1. The topological polar surface area (TPSA) is 53.5 Å². The van der Waals surface area contributed by atoms with Gasteiger partial charge in [0.25, 0.3) is 0 Å². The highest BCUT2D eigenvalue weighted by molar-refractivity contribution is 5.98. The van der Waals surface area contributed by atoms with E-state index in [9.17, 15) is 9.18 Å². The van der Waals surface area contributed by atoms with Gasteiger partial charge in [0.15, 0.2) is 0 Å². The molecular weight excluding hydrogens is 341 g/mol. The highest BCUT2D eigenvalue weighted by Gasteiger charge is 2.42. The van der Waals surface area contributed by atoms with Gasteiger partial charge in [-0.1, -0.05) is 50.3 Å². The van der Waals surface area contributed by atoms with E-state index < -0.39 is 0 Å². The second-order valence-corrected chi connectivity index (χ2v) is 7.80. The van der Waals surface area contributed by atoms with Gasteiger partial charge in [0, 0.05) is 17.8 Å². The van der Waals surface area contributed by atoms with Crippen molar-refractivity contribution in [1.29, 1.82) is 0 Å². The fraction of sp³-hybridized carbons (Fsp3) is 0.273. The van der Waals surface area contributed by atoms with Crippen molar-refractivity contribution in [2.24, 2.45) is 16.3 Å². The van der Waals surface area contributed by atoms with Crippen LogP contribution in [0.25, 0.3) is 0 Å². The molecule has 0 aromatic heterocycles. The first-order valence-corrected chi connectivity index (χ1v) is 9.09. The number of hydrogen-bond acceptors (Lipinski definition) is 4. The minimum atomic E-state index is -0.306. The van der Waals surface area contributed by atoms with Crippen molar-refractivity contribution in [3.63, 3.8) is 0 Å². The summed E-state index contributed by atoms with van der Waals surface area (Å²) in [6.45, 7) is 4.12. The molecule has 1 heterocycles. The number of aliphatic imine (C=N–C) groups is 1. The van der Waals surface area contributed by atoms with Crippen LogP contribution in [0.5, 0.6) is 0 Å². The van der Waals surface area contributed by atoms with Gasteiger partial charge < -0.3 is 10.6 Å². The fourth-order valence-electron chi connectivity index (χ4n) is 3.79. The zero-order chi connectivity index (χ0) is 19.0. The van der Waals surface area contributed by atoms with E-state index in [2.05, 4.69) is 30.6 Å². The highest BCUT2D eigenvalue weighted by Crippen LogP contribution is 2.42. The van der Waals surface area contributed by atoms with Crippen LogP contribution in [0.3, 0.4) is 0 Å². The van der Waals surface area contributed by atoms with Gasteiger partial charge in [0.1, 0.15) is 11.6 Å². The molecule has 5 heteroatoms. The number of guanidine groups is 1. The lowest BCUT2D eigenvalue weighted by Gasteiger charge is -2.39. The first-order chi connectivity index (χ1) is 12.9. The summed E-state index contributed by atoms with van der Waals surface area (Å²) in [5.41, 5.74) is 2.41. The third-order valence-corrected chi connectivity index (χ3v) is 4.95. The Bertz CT molecular complexity index is 916. The standard InChI is InChI=1S/C22H22FN3O/c1-22(2)12-17-19(18(27)13-22)20(14-6-4-3-5-7-14)26-21(25-17)24-16-10-8-15(23)9-11-16/h3-12,19-20H,13H2,1-2H3,(H2,24,25,26)/t19-,20-/m0/s1. The van der Waals surface area contributed by atoms with Crippen LogP contribution in [0.1, 0.15) is 31.9 Å². The molecule has 0 spiro atoms. The number of nitrogens with one attached hydrogen (secondary N) is 2. The Morgan fingerprint density at radius 2 is 1.81 bits per heavy atom. The summed E-state index contributed by atoms with van der Waals surface area (Å²) in [4.78, 5) is 17.7. The van der Waals surface area contributed by atoms with E-state index in [0.717, 1.165) is 16.9 Å². The molecule has 0 fully saturated rings. The Labute approximate surface area is 158 Å². The maximum absolute atomic E-state index is 13.2. The lowest BCUT2D eigenvalue weighted by atomic mass is 9.72. The SMILES string of the molecule is CC1(C)C=C2NC(Nc3ccc(F)cc3)=N[C@@H](c3ccccc3)[C@@H]2C(=O)C1. The number of carbonyl (C=O) groups excluding carboxylic acids is 1. The van der Waals surface area contributed by atoms with Crippen molar-refractivity contribution < 1.29 is 9.18 Å². The molecule has 2 aliphatic rings. The molecule has 0 unspecified atom stereocenters. The summed E-state index contributed by atoms with van der Waals surface area (Å²) in [6, 6.07) is 15.7. The van der Waals surface area contributed by atoms with Crippen molar-refractivity contribution in [2.75, 3.05) is 5.32 Å². The Kier molecular flexibility index (Phi) is 4.30.